The highest BCUT2D eigenvalue weighted by Gasteiger charge is 2.16. The number of methoxy groups -OCH3 is 1. The van der Waals surface area contributed by atoms with Crippen LogP contribution in [0.4, 0.5) is 5.82 Å². The summed E-state index contributed by atoms with van der Waals surface area (Å²) in [6.07, 6.45) is 6.91. The Morgan fingerprint density at radius 1 is 1.20 bits per heavy atom. The molecule has 2 heterocycles. The molecule has 0 unspecified atom stereocenters. The molecule has 0 atom stereocenters. The molecule has 6 nitrogen and oxygen atoms in total. The first-order valence-corrected chi connectivity index (χ1v) is 7.37. The van der Waals surface area contributed by atoms with E-state index in [4.69, 9.17) is 10.5 Å². The molecule has 0 saturated carbocycles. The van der Waals surface area contributed by atoms with Crippen molar-refractivity contribution in [1.82, 2.24) is 14.9 Å². The zero-order valence-electron chi connectivity index (χ0n) is 12.3. The molecular formula is C14H25N5O. The summed E-state index contributed by atoms with van der Waals surface area (Å²) in [5.74, 6) is 1.49. The van der Waals surface area contributed by atoms with Gasteiger partial charge in [0, 0.05) is 19.6 Å². The van der Waals surface area contributed by atoms with Gasteiger partial charge in [0.25, 0.3) is 0 Å². The van der Waals surface area contributed by atoms with Crippen LogP contribution in [0.1, 0.15) is 19.3 Å². The largest absolute Gasteiger partial charge is 0.480 e. The summed E-state index contributed by atoms with van der Waals surface area (Å²) in [4.78, 5) is 13.5. The molecule has 0 amide bonds. The monoisotopic (exact) mass is 279 g/mol. The van der Waals surface area contributed by atoms with Crippen molar-refractivity contribution in [3.05, 3.63) is 12.4 Å². The van der Waals surface area contributed by atoms with Gasteiger partial charge >= 0.3 is 0 Å². The summed E-state index contributed by atoms with van der Waals surface area (Å²) in [5, 5.41) is 0. The molecule has 0 aliphatic carbocycles. The average molecular weight is 279 g/mol. The van der Waals surface area contributed by atoms with Crippen LogP contribution in [0.15, 0.2) is 12.4 Å². The highest BCUT2D eigenvalue weighted by molar-refractivity contribution is 5.37. The fraction of sp³-hybridized carbons (Fsp3) is 0.714. The Hall–Kier alpha value is -1.40. The van der Waals surface area contributed by atoms with Crippen molar-refractivity contribution in [2.45, 2.75) is 19.3 Å². The highest BCUT2D eigenvalue weighted by Crippen LogP contribution is 2.16. The molecule has 1 aliphatic heterocycles. The highest BCUT2D eigenvalue weighted by atomic mass is 16.5. The standard InChI is InChI=1S/C14H25N5O/c1-20-14-12-16-11-13(17-14)19-8-4-7-18(9-10-19)6-3-2-5-15/h11-12H,2-10,15H2,1H3. The molecule has 20 heavy (non-hydrogen) atoms. The van der Waals surface area contributed by atoms with Gasteiger partial charge in [-0.1, -0.05) is 0 Å². The number of unbranched alkanes of at least 4 members (excludes halogenated alkanes) is 1. The minimum Gasteiger partial charge on any atom is -0.480 e. The van der Waals surface area contributed by atoms with Crippen molar-refractivity contribution < 1.29 is 4.74 Å². The number of aromatic nitrogens is 2. The molecule has 0 bridgehead atoms. The molecule has 6 heteroatoms. The number of ether oxygens (including phenoxy) is 1. The molecule has 0 aromatic carbocycles. The lowest BCUT2D eigenvalue weighted by Gasteiger charge is -2.22. The Morgan fingerprint density at radius 3 is 2.90 bits per heavy atom. The van der Waals surface area contributed by atoms with E-state index in [0.717, 1.165) is 57.9 Å². The molecule has 1 aliphatic rings. The smallest absolute Gasteiger partial charge is 0.233 e. The average Bonchev–Trinajstić information content (AvgIpc) is 2.73. The number of nitrogens with two attached hydrogens (primary N) is 1. The molecule has 1 saturated heterocycles. The Morgan fingerprint density at radius 2 is 2.10 bits per heavy atom. The molecule has 2 rings (SSSR count). The van der Waals surface area contributed by atoms with E-state index >= 15 is 0 Å². The van der Waals surface area contributed by atoms with Crippen LogP contribution >= 0.6 is 0 Å². The summed E-state index contributed by atoms with van der Waals surface area (Å²) in [6, 6.07) is 0. The molecule has 1 aromatic heterocycles. The van der Waals surface area contributed by atoms with Crippen LogP contribution in [-0.2, 0) is 0 Å². The molecule has 0 spiro atoms. The van der Waals surface area contributed by atoms with Gasteiger partial charge < -0.3 is 20.3 Å². The maximum absolute atomic E-state index is 5.55. The zero-order valence-corrected chi connectivity index (χ0v) is 12.3. The zero-order chi connectivity index (χ0) is 14.2. The van der Waals surface area contributed by atoms with Crippen molar-refractivity contribution >= 4 is 5.82 Å². The van der Waals surface area contributed by atoms with E-state index in [2.05, 4.69) is 19.8 Å². The van der Waals surface area contributed by atoms with Crippen LogP contribution < -0.4 is 15.4 Å². The second-order valence-corrected chi connectivity index (χ2v) is 5.10. The summed E-state index contributed by atoms with van der Waals surface area (Å²) >= 11 is 0. The lowest BCUT2D eigenvalue weighted by atomic mass is 10.3. The summed E-state index contributed by atoms with van der Waals surface area (Å²) in [7, 11) is 1.62. The van der Waals surface area contributed by atoms with Gasteiger partial charge in [0.1, 0.15) is 0 Å². The van der Waals surface area contributed by atoms with E-state index in [1.54, 1.807) is 13.3 Å². The SMILES string of the molecule is COc1cncc(N2CCCN(CCCCN)CC2)n1. The Labute approximate surface area is 120 Å². The van der Waals surface area contributed by atoms with Crippen LogP contribution in [0.3, 0.4) is 0 Å². The van der Waals surface area contributed by atoms with E-state index in [1.807, 2.05) is 6.20 Å². The predicted octanol–water partition coefficient (Wildman–Crippen LogP) is 0.736. The fourth-order valence-corrected chi connectivity index (χ4v) is 2.49. The van der Waals surface area contributed by atoms with Gasteiger partial charge in [-0.3, -0.25) is 4.98 Å². The van der Waals surface area contributed by atoms with E-state index in [-0.39, 0.29) is 0 Å². The quantitative estimate of drug-likeness (QED) is 0.775. The van der Waals surface area contributed by atoms with Crippen molar-refractivity contribution in [2.24, 2.45) is 5.73 Å². The van der Waals surface area contributed by atoms with Gasteiger partial charge in [-0.25, -0.2) is 0 Å². The van der Waals surface area contributed by atoms with E-state index in [9.17, 15) is 0 Å². The van der Waals surface area contributed by atoms with Crippen LogP contribution in [0.5, 0.6) is 5.88 Å². The second kappa shape index (κ2) is 8.01. The first-order valence-electron chi connectivity index (χ1n) is 7.37. The molecule has 1 fully saturated rings. The first-order chi connectivity index (χ1) is 9.83. The fourth-order valence-electron chi connectivity index (χ4n) is 2.49. The minimum atomic E-state index is 0.576. The predicted molar refractivity (Wildman–Crippen MR) is 80.1 cm³/mol. The normalized spacial score (nSPS) is 17.0. The van der Waals surface area contributed by atoms with Crippen LogP contribution in [0.2, 0.25) is 0 Å². The second-order valence-electron chi connectivity index (χ2n) is 5.10. The first kappa shape index (κ1) is 15.0. The minimum absolute atomic E-state index is 0.576. The van der Waals surface area contributed by atoms with Crippen molar-refractivity contribution in [2.75, 3.05) is 51.3 Å². The molecule has 1 aromatic rings. The van der Waals surface area contributed by atoms with Crippen LogP contribution in [-0.4, -0.2) is 61.2 Å². The maximum atomic E-state index is 5.55. The number of hydrogen-bond acceptors (Lipinski definition) is 6. The van der Waals surface area contributed by atoms with Gasteiger partial charge in [0.05, 0.1) is 19.5 Å². The van der Waals surface area contributed by atoms with Gasteiger partial charge in [0.15, 0.2) is 5.82 Å². The summed E-state index contributed by atoms with van der Waals surface area (Å²) in [5.41, 5.74) is 5.55. The van der Waals surface area contributed by atoms with Crippen LogP contribution in [0, 0.1) is 0 Å². The maximum Gasteiger partial charge on any atom is 0.233 e. The molecular weight excluding hydrogens is 254 g/mol. The third-order valence-corrected chi connectivity index (χ3v) is 3.65. The topological polar surface area (TPSA) is 67.5 Å². The summed E-state index contributed by atoms with van der Waals surface area (Å²) in [6.45, 7) is 6.18. The molecule has 0 radical (unpaired) electrons. The Kier molecular flexibility index (Phi) is 6.01. The lowest BCUT2D eigenvalue weighted by Crippen LogP contribution is -2.32. The molecule has 2 N–H and O–H groups in total. The van der Waals surface area contributed by atoms with Crippen LogP contribution in [0.25, 0.3) is 0 Å². The Bertz CT molecular complexity index is 401. The number of hydrogen-bond donors (Lipinski definition) is 1. The number of anilines is 1. The van der Waals surface area contributed by atoms with E-state index < -0.39 is 0 Å². The Balaban J connectivity index is 1.88. The third kappa shape index (κ3) is 4.31. The number of rotatable bonds is 6. The lowest BCUT2D eigenvalue weighted by molar-refractivity contribution is 0.288. The van der Waals surface area contributed by atoms with Crippen molar-refractivity contribution in [1.29, 1.82) is 0 Å². The van der Waals surface area contributed by atoms with E-state index in [0.29, 0.717) is 5.88 Å². The molecule has 112 valence electrons. The van der Waals surface area contributed by atoms with Gasteiger partial charge in [-0.15, -0.1) is 0 Å². The third-order valence-electron chi connectivity index (χ3n) is 3.65. The van der Waals surface area contributed by atoms with Gasteiger partial charge in [-0.05, 0) is 38.9 Å². The van der Waals surface area contributed by atoms with Crippen molar-refractivity contribution in [3.63, 3.8) is 0 Å². The summed E-state index contributed by atoms with van der Waals surface area (Å²) < 4.78 is 5.14. The van der Waals surface area contributed by atoms with Crippen molar-refractivity contribution in [3.8, 4) is 5.88 Å². The van der Waals surface area contributed by atoms with Gasteiger partial charge in [0.2, 0.25) is 5.88 Å². The van der Waals surface area contributed by atoms with Gasteiger partial charge in [-0.2, -0.15) is 4.98 Å². The van der Waals surface area contributed by atoms with E-state index in [1.165, 1.54) is 6.42 Å². The number of nitrogens with zero attached hydrogens (tertiary/aromatic N) is 4.